The molecule has 0 radical (unpaired) electrons. The summed E-state index contributed by atoms with van der Waals surface area (Å²) in [6, 6.07) is 14.0. The summed E-state index contributed by atoms with van der Waals surface area (Å²) in [5.41, 5.74) is 0.625. The van der Waals surface area contributed by atoms with Crippen LogP contribution >= 0.6 is 22.9 Å². The Morgan fingerprint density at radius 3 is 2.80 bits per heavy atom. The monoisotopic (exact) mass is 297 g/mol. The van der Waals surface area contributed by atoms with Crippen LogP contribution in [0.3, 0.4) is 0 Å². The SMILES string of the molecule is Clc1nc(-c2cc3ccccc3s2)nc2ncccc12. The van der Waals surface area contributed by atoms with Crippen LogP contribution in [0.25, 0.3) is 31.8 Å². The second-order valence-corrected chi connectivity index (χ2v) is 5.80. The third-order valence-electron chi connectivity index (χ3n) is 3.07. The molecule has 0 unspecified atom stereocenters. The van der Waals surface area contributed by atoms with Crippen LogP contribution in [0.2, 0.25) is 5.15 Å². The number of hydrogen-bond donors (Lipinski definition) is 0. The Morgan fingerprint density at radius 2 is 1.90 bits per heavy atom. The fourth-order valence-electron chi connectivity index (χ4n) is 2.13. The summed E-state index contributed by atoms with van der Waals surface area (Å²) >= 11 is 7.88. The van der Waals surface area contributed by atoms with Gasteiger partial charge in [-0.1, -0.05) is 29.8 Å². The Labute approximate surface area is 123 Å². The van der Waals surface area contributed by atoms with Crippen LogP contribution in [-0.4, -0.2) is 15.0 Å². The molecule has 0 atom stereocenters. The first kappa shape index (κ1) is 11.8. The van der Waals surface area contributed by atoms with Gasteiger partial charge in [0.05, 0.1) is 10.3 Å². The molecule has 0 bridgehead atoms. The number of benzene rings is 1. The normalized spacial score (nSPS) is 11.2. The second-order valence-electron chi connectivity index (χ2n) is 4.36. The molecule has 0 amide bonds. The minimum absolute atomic E-state index is 0.440. The van der Waals surface area contributed by atoms with Crippen LogP contribution < -0.4 is 0 Å². The Balaban J connectivity index is 1.97. The predicted molar refractivity (Wildman–Crippen MR) is 83.2 cm³/mol. The second kappa shape index (κ2) is 4.51. The number of thiophene rings is 1. The molecule has 0 saturated carbocycles. The van der Waals surface area contributed by atoms with E-state index < -0.39 is 0 Å². The fraction of sp³-hybridized carbons (Fsp3) is 0. The minimum atomic E-state index is 0.440. The van der Waals surface area contributed by atoms with Crippen LogP contribution in [0.1, 0.15) is 0 Å². The maximum atomic E-state index is 6.22. The highest BCUT2D eigenvalue weighted by Crippen LogP contribution is 2.33. The van der Waals surface area contributed by atoms with E-state index in [0.29, 0.717) is 16.6 Å². The molecule has 1 aromatic carbocycles. The predicted octanol–water partition coefficient (Wildman–Crippen LogP) is 4.56. The molecule has 4 aromatic rings. The van der Waals surface area contributed by atoms with Gasteiger partial charge in [0, 0.05) is 10.9 Å². The van der Waals surface area contributed by atoms with Crippen LogP contribution in [-0.2, 0) is 0 Å². The maximum Gasteiger partial charge on any atom is 0.173 e. The molecule has 5 heteroatoms. The average Bonchev–Trinajstić information content (AvgIpc) is 2.91. The molecule has 0 N–H and O–H groups in total. The Morgan fingerprint density at radius 1 is 1.00 bits per heavy atom. The zero-order valence-corrected chi connectivity index (χ0v) is 11.8. The topological polar surface area (TPSA) is 38.7 Å². The molecule has 4 rings (SSSR count). The number of nitrogens with zero attached hydrogens (tertiary/aromatic N) is 3. The summed E-state index contributed by atoms with van der Waals surface area (Å²) < 4.78 is 1.21. The van der Waals surface area contributed by atoms with Crippen molar-refractivity contribution in [2.24, 2.45) is 0 Å². The minimum Gasteiger partial charge on any atom is -0.236 e. The van der Waals surface area contributed by atoms with E-state index >= 15 is 0 Å². The number of fused-ring (bicyclic) bond motifs is 2. The molecular formula is C15H8ClN3S. The van der Waals surface area contributed by atoms with E-state index in [1.165, 1.54) is 10.1 Å². The lowest BCUT2D eigenvalue weighted by atomic mass is 10.2. The lowest BCUT2D eigenvalue weighted by Crippen LogP contribution is -1.91. The van der Waals surface area contributed by atoms with E-state index in [1.807, 2.05) is 24.3 Å². The van der Waals surface area contributed by atoms with Crippen LogP contribution in [0, 0.1) is 0 Å². The fourth-order valence-corrected chi connectivity index (χ4v) is 3.35. The number of rotatable bonds is 1. The van der Waals surface area contributed by atoms with Gasteiger partial charge in [0.25, 0.3) is 0 Å². The first-order chi connectivity index (χ1) is 9.81. The lowest BCUT2D eigenvalue weighted by Gasteiger charge is -2.01. The molecule has 20 heavy (non-hydrogen) atoms. The third-order valence-corrected chi connectivity index (χ3v) is 4.47. The Bertz CT molecular complexity index is 900. The van der Waals surface area contributed by atoms with Crippen molar-refractivity contribution in [2.75, 3.05) is 0 Å². The smallest absolute Gasteiger partial charge is 0.173 e. The van der Waals surface area contributed by atoms with Crippen LogP contribution in [0.4, 0.5) is 0 Å². The molecule has 3 aromatic heterocycles. The highest BCUT2D eigenvalue weighted by atomic mass is 35.5. The van der Waals surface area contributed by atoms with Gasteiger partial charge in [-0.3, -0.25) is 0 Å². The molecular weight excluding hydrogens is 290 g/mol. The summed E-state index contributed by atoms with van der Waals surface area (Å²) in [5, 5.41) is 2.41. The van der Waals surface area contributed by atoms with Crippen molar-refractivity contribution in [3.63, 3.8) is 0 Å². The van der Waals surface area contributed by atoms with Gasteiger partial charge < -0.3 is 0 Å². The van der Waals surface area contributed by atoms with Gasteiger partial charge in [-0.2, -0.15) is 0 Å². The van der Waals surface area contributed by atoms with Gasteiger partial charge >= 0.3 is 0 Å². The summed E-state index contributed by atoms with van der Waals surface area (Å²) in [6.45, 7) is 0. The zero-order valence-electron chi connectivity index (χ0n) is 10.2. The van der Waals surface area contributed by atoms with Crippen molar-refractivity contribution < 1.29 is 0 Å². The number of halogens is 1. The molecule has 96 valence electrons. The highest BCUT2D eigenvalue weighted by molar-refractivity contribution is 7.22. The van der Waals surface area contributed by atoms with E-state index in [4.69, 9.17) is 11.6 Å². The Hall–Kier alpha value is -2.04. The van der Waals surface area contributed by atoms with E-state index in [1.54, 1.807) is 17.5 Å². The molecule has 0 spiro atoms. The number of pyridine rings is 1. The summed E-state index contributed by atoms with van der Waals surface area (Å²) in [4.78, 5) is 14.1. The lowest BCUT2D eigenvalue weighted by molar-refractivity contribution is 1.20. The van der Waals surface area contributed by atoms with Gasteiger partial charge in [0.1, 0.15) is 5.15 Å². The van der Waals surface area contributed by atoms with E-state index in [9.17, 15) is 0 Å². The number of aromatic nitrogens is 3. The van der Waals surface area contributed by atoms with Crippen LogP contribution in [0.15, 0.2) is 48.7 Å². The first-order valence-corrected chi connectivity index (χ1v) is 7.28. The van der Waals surface area contributed by atoms with Crippen molar-refractivity contribution in [2.45, 2.75) is 0 Å². The molecule has 0 saturated heterocycles. The molecule has 0 fully saturated rings. The highest BCUT2D eigenvalue weighted by Gasteiger charge is 2.11. The summed E-state index contributed by atoms with van der Waals surface area (Å²) in [5.74, 6) is 0.627. The standard InChI is InChI=1S/C15H8ClN3S/c16-13-10-5-3-7-17-14(10)19-15(18-13)12-8-9-4-1-2-6-11(9)20-12/h1-8H. The van der Waals surface area contributed by atoms with Gasteiger partial charge in [-0.25, -0.2) is 15.0 Å². The van der Waals surface area contributed by atoms with E-state index in [0.717, 1.165) is 10.3 Å². The van der Waals surface area contributed by atoms with Crippen molar-refractivity contribution >= 4 is 44.1 Å². The summed E-state index contributed by atoms with van der Waals surface area (Å²) in [7, 11) is 0. The van der Waals surface area contributed by atoms with Crippen molar-refractivity contribution in [3.8, 4) is 10.7 Å². The third kappa shape index (κ3) is 1.85. The average molecular weight is 298 g/mol. The molecule has 3 heterocycles. The number of hydrogen-bond acceptors (Lipinski definition) is 4. The van der Waals surface area contributed by atoms with Crippen LogP contribution in [0.5, 0.6) is 0 Å². The van der Waals surface area contributed by atoms with Gasteiger partial charge in [0.15, 0.2) is 11.5 Å². The van der Waals surface area contributed by atoms with Gasteiger partial charge in [0.2, 0.25) is 0 Å². The van der Waals surface area contributed by atoms with E-state index in [-0.39, 0.29) is 0 Å². The summed E-state index contributed by atoms with van der Waals surface area (Å²) in [6.07, 6.45) is 1.71. The Kier molecular flexibility index (Phi) is 2.65. The maximum absolute atomic E-state index is 6.22. The molecule has 0 aliphatic heterocycles. The van der Waals surface area contributed by atoms with Crippen molar-refractivity contribution in [1.29, 1.82) is 0 Å². The molecule has 0 aliphatic rings. The zero-order chi connectivity index (χ0) is 13.5. The quantitative estimate of drug-likeness (QED) is 0.483. The largest absolute Gasteiger partial charge is 0.236 e. The molecule has 3 nitrogen and oxygen atoms in total. The van der Waals surface area contributed by atoms with E-state index in [2.05, 4.69) is 33.2 Å². The molecule has 0 aliphatic carbocycles. The van der Waals surface area contributed by atoms with Gasteiger partial charge in [-0.05, 0) is 29.7 Å². The van der Waals surface area contributed by atoms with Crippen molar-refractivity contribution in [1.82, 2.24) is 15.0 Å². The first-order valence-electron chi connectivity index (χ1n) is 6.08. The van der Waals surface area contributed by atoms with Gasteiger partial charge in [-0.15, -0.1) is 11.3 Å². The van der Waals surface area contributed by atoms with Crippen molar-refractivity contribution in [3.05, 3.63) is 53.8 Å².